The zero-order valence-corrected chi connectivity index (χ0v) is 18.8. The SMILES string of the molecule is C.O=S(=O)([O-])CCCSc1sc2ccccc2[n+]1CCCS(=O)(=O)[O-].[Na+]. The van der Waals surface area contributed by atoms with Gasteiger partial charge in [0, 0.05) is 29.7 Å². The average Bonchev–Trinajstić information content (AvgIpc) is 2.80. The molecular weight excluding hydrogens is 429 g/mol. The summed E-state index contributed by atoms with van der Waals surface area (Å²) in [6, 6.07) is 7.61. The summed E-state index contributed by atoms with van der Waals surface area (Å²) < 4.78 is 68.0. The Labute approximate surface area is 185 Å². The topological polar surface area (TPSA) is 118 Å². The molecule has 0 saturated heterocycles. The van der Waals surface area contributed by atoms with Gasteiger partial charge in [0.2, 0.25) is 5.52 Å². The van der Waals surface area contributed by atoms with Crippen LogP contribution in [0.5, 0.6) is 0 Å². The predicted molar refractivity (Wildman–Crippen MR) is 97.8 cm³/mol. The molecule has 0 saturated carbocycles. The van der Waals surface area contributed by atoms with Crippen LogP contribution in [0.25, 0.3) is 10.2 Å². The molecule has 1 aromatic heterocycles. The molecule has 0 N–H and O–H groups in total. The number of thioether (sulfide) groups is 1. The second kappa shape index (κ2) is 11.3. The third-order valence-electron chi connectivity index (χ3n) is 3.11. The molecular formula is C14H20NNaO6S4. The molecule has 0 aliphatic carbocycles. The second-order valence-electron chi connectivity index (χ2n) is 5.07. The van der Waals surface area contributed by atoms with Crippen molar-refractivity contribution in [3.63, 3.8) is 0 Å². The van der Waals surface area contributed by atoms with E-state index in [1.54, 1.807) is 0 Å². The van der Waals surface area contributed by atoms with Crippen molar-refractivity contribution in [1.82, 2.24) is 0 Å². The predicted octanol–water partition coefficient (Wildman–Crippen LogP) is -1.21. The summed E-state index contributed by atoms with van der Waals surface area (Å²) in [5.41, 5.74) is 0.935. The van der Waals surface area contributed by atoms with E-state index in [0.29, 0.717) is 12.3 Å². The summed E-state index contributed by atoms with van der Waals surface area (Å²) in [5, 5.41) is 0. The van der Waals surface area contributed by atoms with Crippen LogP contribution >= 0.6 is 23.1 Å². The van der Waals surface area contributed by atoms with Crippen LogP contribution in [0.3, 0.4) is 0 Å². The van der Waals surface area contributed by atoms with Gasteiger partial charge in [-0.15, -0.1) is 0 Å². The molecule has 0 aliphatic heterocycles. The number of rotatable bonds is 9. The van der Waals surface area contributed by atoms with Gasteiger partial charge in [0.05, 0.1) is 20.2 Å². The summed E-state index contributed by atoms with van der Waals surface area (Å²) in [4.78, 5) is 0. The molecule has 12 heteroatoms. The molecule has 0 spiro atoms. The van der Waals surface area contributed by atoms with E-state index in [4.69, 9.17) is 0 Å². The summed E-state index contributed by atoms with van der Waals surface area (Å²) in [6.45, 7) is 0.383. The van der Waals surface area contributed by atoms with Crippen molar-refractivity contribution in [3.8, 4) is 0 Å². The van der Waals surface area contributed by atoms with Crippen molar-refractivity contribution in [2.24, 2.45) is 0 Å². The van der Waals surface area contributed by atoms with Gasteiger partial charge in [-0.3, -0.25) is 0 Å². The Morgan fingerprint density at radius 3 is 2.19 bits per heavy atom. The Hall–Kier alpha value is 0.280. The van der Waals surface area contributed by atoms with E-state index in [-0.39, 0.29) is 49.8 Å². The first-order valence-corrected chi connectivity index (χ1v) is 12.0. The van der Waals surface area contributed by atoms with Gasteiger partial charge in [0.15, 0.2) is 6.54 Å². The molecule has 2 aromatic rings. The van der Waals surface area contributed by atoms with E-state index in [1.807, 2.05) is 28.8 Å². The van der Waals surface area contributed by atoms with Crippen molar-refractivity contribution in [2.75, 3.05) is 17.3 Å². The average molecular weight is 450 g/mol. The largest absolute Gasteiger partial charge is 1.00 e. The minimum atomic E-state index is -4.25. The van der Waals surface area contributed by atoms with Crippen molar-refractivity contribution in [3.05, 3.63) is 24.3 Å². The number of fused-ring (bicyclic) bond motifs is 1. The Morgan fingerprint density at radius 1 is 1.00 bits per heavy atom. The van der Waals surface area contributed by atoms with Gasteiger partial charge >= 0.3 is 29.6 Å². The van der Waals surface area contributed by atoms with Crippen molar-refractivity contribution in [1.29, 1.82) is 0 Å². The molecule has 0 amide bonds. The third kappa shape index (κ3) is 8.98. The number of para-hydroxylation sites is 1. The molecule has 142 valence electrons. The summed E-state index contributed by atoms with van der Waals surface area (Å²) in [6.07, 6.45) is 0.458. The first-order valence-electron chi connectivity index (χ1n) is 7.07. The smallest absolute Gasteiger partial charge is 0.748 e. The van der Waals surface area contributed by atoms with Crippen molar-refractivity contribution in [2.45, 2.75) is 31.2 Å². The quantitative estimate of drug-likeness (QED) is 0.155. The van der Waals surface area contributed by atoms with Crippen LogP contribution < -0.4 is 34.1 Å². The minimum absolute atomic E-state index is 0. The molecule has 0 bridgehead atoms. The number of hydrogen-bond donors (Lipinski definition) is 0. The maximum absolute atomic E-state index is 10.8. The number of aromatic nitrogens is 1. The third-order valence-corrected chi connectivity index (χ3v) is 7.22. The number of nitrogens with zero attached hydrogens (tertiary/aromatic N) is 1. The van der Waals surface area contributed by atoms with E-state index in [1.165, 1.54) is 23.1 Å². The van der Waals surface area contributed by atoms with Gasteiger partial charge in [0.1, 0.15) is 4.70 Å². The van der Waals surface area contributed by atoms with E-state index in [0.717, 1.165) is 14.6 Å². The van der Waals surface area contributed by atoms with Gasteiger partial charge in [-0.25, -0.2) is 16.8 Å². The number of aryl methyl sites for hydroxylation is 1. The van der Waals surface area contributed by atoms with E-state index in [9.17, 15) is 25.9 Å². The second-order valence-corrected chi connectivity index (χ2v) is 10.5. The fraction of sp³-hybridized carbons (Fsp3) is 0.500. The molecule has 0 radical (unpaired) electrons. The molecule has 0 unspecified atom stereocenters. The van der Waals surface area contributed by atoms with Crippen LogP contribution in [0.15, 0.2) is 28.6 Å². The molecule has 26 heavy (non-hydrogen) atoms. The number of benzene rings is 1. The molecule has 0 atom stereocenters. The fourth-order valence-corrected chi connectivity index (χ4v) is 5.77. The van der Waals surface area contributed by atoms with Gasteiger partial charge in [-0.05, 0) is 24.2 Å². The number of thiazole rings is 1. The maximum Gasteiger partial charge on any atom is 1.00 e. The fourth-order valence-electron chi connectivity index (χ4n) is 2.13. The number of hydrogen-bond acceptors (Lipinski definition) is 8. The summed E-state index contributed by atoms with van der Waals surface area (Å²) in [7, 11) is -8.46. The van der Waals surface area contributed by atoms with Crippen molar-refractivity contribution < 1.29 is 60.1 Å². The van der Waals surface area contributed by atoms with Crippen LogP contribution in [-0.2, 0) is 26.8 Å². The van der Waals surface area contributed by atoms with Gasteiger partial charge in [-0.2, -0.15) is 4.57 Å². The maximum atomic E-state index is 10.8. The molecule has 2 rings (SSSR count). The first-order chi connectivity index (χ1) is 11.2. The van der Waals surface area contributed by atoms with Crippen LogP contribution in [-0.4, -0.2) is 43.2 Å². The molecule has 0 fully saturated rings. The van der Waals surface area contributed by atoms with Gasteiger partial charge < -0.3 is 9.11 Å². The van der Waals surface area contributed by atoms with Crippen molar-refractivity contribution >= 4 is 53.6 Å². The Bertz CT molecular complexity index is 911. The van der Waals surface area contributed by atoms with Crippen LogP contribution in [0, 0.1) is 0 Å². The molecule has 7 nitrogen and oxygen atoms in total. The van der Waals surface area contributed by atoms with E-state index >= 15 is 0 Å². The Morgan fingerprint density at radius 2 is 1.58 bits per heavy atom. The molecule has 1 aromatic carbocycles. The summed E-state index contributed by atoms with van der Waals surface area (Å²) in [5.74, 6) is -0.365. The standard InChI is InChI=1S/C13H17NO6S4.CH4.Na/c15-23(16,17)9-3-7-14-11-5-1-2-6-12(11)22-13(14)21-8-4-10-24(18,19)20;;/h1-2,5-6H,3-4,7-10H2,(H-,15,16,17,18,19,20);1H4;/q;;+1/p-1. The van der Waals surface area contributed by atoms with Crippen LogP contribution in [0.4, 0.5) is 0 Å². The van der Waals surface area contributed by atoms with Gasteiger partial charge in [-0.1, -0.05) is 30.9 Å². The van der Waals surface area contributed by atoms with E-state index in [2.05, 4.69) is 0 Å². The normalized spacial score (nSPS) is 11.8. The van der Waals surface area contributed by atoms with E-state index < -0.39 is 31.7 Å². The Kier molecular flexibility index (Phi) is 11.4. The molecule has 1 heterocycles. The first kappa shape index (κ1) is 26.3. The van der Waals surface area contributed by atoms with Crippen LogP contribution in [0.2, 0.25) is 0 Å². The molecule has 0 aliphatic rings. The zero-order chi connectivity index (χ0) is 17.8. The summed E-state index contributed by atoms with van der Waals surface area (Å²) >= 11 is 2.93. The Balaban J connectivity index is 0.00000312. The van der Waals surface area contributed by atoms with Gasteiger partial charge in [0.25, 0.3) is 4.34 Å². The zero-order valence-electron chi connectivity index (χ0n) is 13.6. The van der Waals surface area contributed by atoms with Crippen LogP contribution in [0.1, 0.15) is 20.3 Å². The minimum Gasteiger partial charge on any atom is -0.748 e. The monoisotopic (exact) mass is 449 g/mol.